The number of aliphatic carboxylic acids is 1. The number of carboxylic acids is 1. The predicted molar refractivity (Wildman–Crippen MR) is 63.7 cm³/mol. The van der Waals surface area contributed by atoms with Crippen molar-refractivity contribution in [2.45, 2.75) is 20.3 Å². The molecule has 0 spiro atoms. The Morgan fingerprint density at radius 2 is 1.94 bits per heavy atom. The van der Waals surface area contributed by atoms with Crippen LogP contribution in [0.2, 0.25) is 0 Å². The molecule has 0 bridgehead atoms. The molecule has 17 heavy (non-hydrogen) atoms. The normalized spacial score (nSPS) is 26.9. The van der Waals surface area contributed by atoms with Crippen LogP contribution in [-0.4, -0.2) is 55.3 Å². The summed E-state index contributed by atoms with van der Waals surface area (Å²) in [4.78, 5) is 11.4. The van der Waals surface area contributed by atoms with Crippen molar-refractivity contribution in [2.75, 3.05) is 27.2 Å². The standard InChI is InChI=1S/C10H20N2O4S/c1-8(2)10(9(13)14)5-6-12(7-10)17(15,16)11(3)4/h8H,5-7H2,1-4H3,(H,13,14). The Morgan fingerprint density at radius 3 is 2.24 bits per heavy atom. The van der Waals surface area contributed by atoms with Crippen LogP contribution in [0, 0.1) is 11.3 Å². The SMILES string of the molecule is CC(C)C1(C(=O)O)CCN(S(=O)(=O)N(C)C)C1. The van der Waals surface area contributed by atoms with Crippen molar-refractivity contribution in [1.82, 2.24) is 8.61 Å². The minimum absolute atomic E-state index is 0.0561. The summed E-state index contributed by atoms with van der Waals surface area (Å²) < 4.78 is 26.2. The quantitative estimate of drug-likeness (QED) is 0.788. The fourth-order valence-corrected chi connectivity index (χ4v) is 3.30. The third-order valence-corrected chi connectivity index (χ3v) is 5.47. The lowest BCUT2D eigenvalue weighted by atomic mass is 9.77. The average molecular weight is 264 g/mol. The van der Waals surface area contributed by atoms with Gasteiger partial charge in [-0.05, 0) is 12.3 Å². The van der Waals surface area contributed by atoms with Gasteiger partial charge in [-0.2, -0.15) is 17.0 Å². The van der Waals surface area contributed by atoms with Crippen LogP contribution in [0.1, 0.15) is 20.3 Å². The Balaban J connectivity index is 3.00. The summed E-state index contributed by atoms with van der Waals surface area (Å²) >= 11 is 0. The molecule has 1 fully saturated rings. The molecule has 1 saturated heterocycles. The van der Waals surface area contributed by atoms with Crippen molar-refractivity contribution in [2.24, 2.45) is 11.3 Å². The molecule has 1 aliphatic heterocycles. The number of nitrogens with zero attached hydrogens (tertiary/aromatic N) is 2. The van der Waals surface area contributed by atoms with Crippen molar-refractivity contribution < 1.29 is 18.3 Å². The van der Waals surface area contributed by atoms with E-state index in [-0.39, 0.29) is 19.0 Å². The summed E-state index contributed by atoms with van der Waals surface area (Å²) in [5.41, 5.74) is -0.955. The molecule has 0 aromatic heterocycles. The summed E-state index contributed by atoms with van der Waals surface area (Å²) in [7, 11) is -0.612. The van der Waals surface area contributed by atoms with E-state index in [2.05, 4.69) is 0 Å². The highest BCUT2D eigenvalue weighted by Crippen LogP contribution is 2.39. The van der Waals surface area contributed by atoms with Gasteiger partial charge in [-0.15, -0.1) is 0 Å². The van der Waals surface area contributed by atoms with E-state index in [4.69, 9.17) is 0 Å². The molecule has 100 valence electrons. The zero-order chi connectivity index (χ0) is 13.4. The Bertz CT molecular complexity index is 405. The van der Waals surface area contributed by atoms with Gasteiger partial charge in [0.1, 0.15) is 0 Å². The van der Waals surface area contributed by atoms with Crippen LogP contribution >= 0.6 is 0 Å². The lowest BCUT2D eigenvalue weighted by molar-refractivity contribution is -0.150. The van der Waals surface area contributed by atoms with Crippen molar-refractivity contribution in [1.29, 1.82) is 0 Å². The molecule has 0 aromatic carbocycles. The van der Waals surface area contributed by atoms with Gasteiger partial charge in [-0.25, -0.2) is 0 Å². The van der Waals surface area contributed by atoms with Gasteiger partial charge in [-0.1, -0.05) is 13.8 Å². The first-order chi connectivity index (χ1) is 7.64. The summed E-state index contributed by atoms with van der Waals surface area (Å²) in [6.07, 6.45) is 0.368. The van der Waals surface area contributed by atoms with Crippen LogP contribution in [0.15, 0.2) is 0 Å². The van der Waals surface area contributed by atoms with Gasteiger partial charge in [0.25, 0.3) is 10.2 Å². The van der Waals surface area contributed by atoms with Crippen LogP contribution in [0.4, 0.5) is 0 Å². The zero-order valence-electron chi connectivity index (χ0n) is 10.7. The van der Waals surface area contributed by atoms with E-state index in [1.54, 1.807) is 0 Å². The second kappa shape index (κ2) is 4.55. The van der Waals surface area contributed by atoms with Gasteiger partial charge >= 0.3 is 5.97 Å². The predicted octanol–water partition coefficient (Wildman–Crippen LogP) is 0.226. The molecule has 0 aliphatic carbocycles. The highest BCUT2D eigenvalue weighted by molar-refractivity contribution is 7.86. The summed E-state index contributed by atoms with van der Waals surface area (Å²) in [6.45, 7) is 3.96. The van der Waals surface area contributed by atoms with Gasteiger partial charge in [0, 0.05) is 27.2 Å². The van der Waals surface area contributed by atoms with Crippen LogP contribution in [-0.2, 0) is 15.0 Å². The number of carboxylic acid groups (broad SMARTS) is 1. The Morgan fingerprint density at radius 1 is 1.41 bits per heavy atom. The molecular formula is C10H20N2O4S. The van der Waals surface area contributed by atoms with E-state index in [1.807, 2.05) is 13.8 Å². The minimum atomic E-state index is -3.51. The first kappa shape index (κ1) is 14.4. The van der Waals surface area contributed by atoms with Gasteiger partial charge in [0.15, 0.2) is 0 Å². The topological polar surface area (TPSA) is 77.9 Å². The number of carbonyl (C=O) groups is 1. The maximum atomic E-state index is 11.9. The van der Waals surface area contributed by atoms with E-state index in [9.17, 15) is 18.3 Å². The number of rotatable bonds is 4. The Labute approximate surface area is 102 Å². The first-order valence-corrected chi connectivity index (χ1v) is 6.95. The summed E-state index contributed by atoms with van der Waals surface area (Å²) in [5.74, 6) is -1.01. The molecule has 7 heteroatoms. The van der Waals surface area contributed by atoms with E-state index in [0.717, 1.165) is 4.31 Å². The van der Waals surface area contributed by atoms with E-state index in [0.29, 0.717) is 6.42 Å². The fraction of sp³-hybridized carbons (Fsp3) is 0.900. The first-order valence-electron chi connectivity index (χ1n) is 5.55. The monoisotopic (exact) mass is 264 g/mol. The molecule has 0 amide bonds. The molecule has 1 atom stereocenters. The molecule has 0 saturated carbocycles. The van der Waals surface area contributed by atoms with Crippen molar-refractivity contribution in [3.63, 3.8) is 0 Å². The molecule has 1 rings (SSSR count). The Hall–Kier alpha value is -0.660. The minimum Gasteiger partial charge on any atom is -0.481 e. The molecule has 1 heterocycles. The Kier molecular flexibility index (Phi) is 3.85. The molecule has 1 aliphatic rings. The van der Waals surface area contributed by atoms with E-state index < -0.39 is 21.6 Å². The third-order valence-electron chi connectivity index (χ3n) is 3.58. The molecule has 0 radical (unpaired) electrons. The molecule has 1 N–H and O–H groups in total. The van der Waals surface area contributed by atoms with Crippen molar-refractivity contribution in [3.8, 4) is 0 Å². The molecular weight excluding hydrogens is 244 g/mol. The van der Waals surface area contributed by atoms with Crippen molar-refractivity contribution >= 4 is 16.2 Å². The van der Waals surface area contributed by atoms with E-state index >= 15 is 0 Å². The zero-order valence-corrected chi connectivity index (χ0v) is 11.5. The van der Waals surface area contributed by atoms with Crippen molar-refractivity contribution in [3.05, 3.63) is 0 Å². The van der Waals surface area contributed by atoms with Gasteiger partial charge in [0.05, 0.1) is 5.41 Å². The summed E-state index contributed by atoms with van der Waals surface area (Å²) in [5, 5.41) is 9.32. The fourth-order valence-electron chi connectivity index (χ4n) is 2.12. The van der Waals surface area contributed by atoms with Gasteiger partial charge in [-0.3, -0.25) is 4.79 Å². The van der Waals surface area contributed by atoms with Crippen LogP contribution in [0.3, 0.4) is 0 Å². The van der Waals surface area contributed by atoms with E-state index in [1.165, 1.54) is 18.4 Å². The molecule has 6 nitrogen and oxygen atoms in total. The maximum absolute atomic E-state index is 11.9. The number of hydrogen-bond donors (Lipinski definition) is 1. The van der Waals surface area contributed by atoms with Gasteiger partial charge in [0.2, 0.25) is 0 Å². The highest BCUT2D eigenvalue weighted by Gasteiger charge is 2.50. The van der Waals surface area contributed by atoms with Gasteiger partial charge < -0.3 is 5.11 Å². The van der Waals surface area contributed by atoms with Crippen LogP contribution in [0.25, 0.3) is 0 Å². The maximum Gasteiger partial charge on any atom is 0.311 e. The molecule has 1 unspecified atom stereocenters. The lowest BCUT2D eigenvalue weighted by Crippen LogP contribution is -2.43. The smallest absolute Gasteiger partial charge is 0.311 e. The third kappa shape index (κ3) is 2.31. The average Bonchev–Trinajstić information content (AvgIpc) is 2.63. The number of hydrogen-bond acceptors (Lipinski definition) is 3. The van der Waals surface area contributed by atoms with Crippen LogP contribution in [0.5, 0.6) is 0 Å². The highest BCUT2D eigenvalue weighted by atomic mass is 32.2. The molecule has 0 aromatic rings. The lowest BCUT2D eigenvalue weighted by Gasteiger charge is -2.29. The second-order valence-electron chi connectivity index (χ2n) is 4.99. The van der Waals surface area contributed by atoms with Crippen LogP contribution < -0.4 is 0 Å². The second-order valence-corrected chi connectivity index (χ2v) is 7.13. The summed E-state index contributed by atoms with van der Waals surface area (Å²) in [6, 6.07) is 0. The largest absolute Gasteiger partial charge is 0.481 e.